The summed E-state index contributed by atoms with van der Waals surface area (Å²) in [6.45, 7) is 0. The molecule has 4 rings (SSSR count). The summed E-state index contributed by atoms with van der Waals surface area (Å²) in [4.78, 5) is 12.5. The Kier molecular flexibility index (Phi) is 4.58. The van der Waals surface area contributed by atoms with E-state index in [9.17, 15) is 18.0 Å². The van der Waals surface area contributed by atoms with Gasteiger partial charge in [-0.25, -0.2) is 4.79 Å². The second-order valence-electron chi connectivity index (χ2n) is 7.22. The van der Waals surface area contributed by atoms with Crippen LogP contribution < -0.4 is 10.6 Å². The molecule has 1 atom stereocenters. The van der Waals surface area contributed by atoms with E-state index in [1.54, 1.807) is 6.07 Å². The maximum atomic E-state index is 13.5. The summed E-state index contributed by atoms with van der Waals surface area (Å²) in [6.07, 6.45) is 1.12. The summed E-state index contributed by atoms with van der Waals surface area (Å²) >= 11 is 0. The van der Waals surface area contributed by atoms with Crippen molar-refractivity contribution in [3.63, 3.8) is 0 Å². The molecule has 0 heterocycles. The predicted octanol–water partition coefficient (Wildman–Crippen LogP) is 5.09. The first-order valence-electron chi connectivity index (χ1n) is 9.29. The molecule has 2 N–H and O–H groups in total. The molecule has 0 fully saturated rings. The van der Waals surface area contributed by atoms with E-state index in [0.717, 1.165) is 55.3 Å². The fraction of sp³-hybridized carbons (Fsp3) is 0.381. The van der Waals surface area contributed by atoms with E-state index < -0.39 is 18.2 Å². The van der Waals surface area contributed by atoms with E-state index in [-0.39, 0.29) is 5.56 Å². The maximum absolute atomic E-state index is 13.5. The van der Waals surface area contributed by atoms with E-state index >= 15 is 0 Å². The van der Waals surface area contributed by atoms with Crippen LogP contribution in [0.4, 0.5) is 23.7 Å². The molecule has 0 spiro atoms. The smallest absolute Gasteiger partial charge is 0.322 e. The average Bonchev–Trinajstić information content (AvgIpc) is 3.28. The monoisotopic (exact) mass is 374 g/mol. The number of carbonyl (C=O) groups is 1. The van der Waals surface area contributed by atoms with Crippen LogP contribution in [0, 0.1) is 0 Å². The molecule has 3 nitrogen and oxygen atoms in total. The van der Waals surface area contributed by atoms with Gasteiger partial charge in [-0.15, -0.1) is 0 Å². The molecule has 2 aliphatic carbocycles. The first-order valence-corrected chi connectivity index (χ1v) is 9.29. The van der Waals surface area contributed by atoms with Crippen LogP contribution >= 0.6 is 0 Å². The zero-order chi connectivity index (χ0) is 19.0. The number of halogens is 3. The highest BCUT2D eigenvalue weighted by molar-refractivity contribution is 5.92. The van der Waals surface area contributed by atoms with E-state index in [1.807, 2.05) is 0 Å². The van der Waals surface area contributed by atoms with Gasteiger partial charge in [0.25, 0.3) is 0 Å². The third kappa shape index (κ3) is 3.53. The second-order valence-corrected chi connectivity index (χ2v) is 7.22. The number of aryl methyl sites for hydroxylation is 2. The lowest BCUT2D eigenvalue weighted by Crippen LogP contribution is -2.40. The summed E-state index contributed by atoms with van der Waals surface area (Å²) in [5, 5.41) is 4.89. The quantitative estimate of drug-likeness (QED) is 0.772. The lowest BCUT2D eigenvalue weighted by Gasteiger charge is -2.23. The number of urea groups is 1. The summed E-state index contributed by atoms with van der Waals surface area (Å²) < 4.78 is 40.5. The lowest BCUT2D eigenvalue weighted by molar-refractivity contribution is -0.154. The van der Waals surface area contributed by atoms with Crippen molar-refractivity contribution in [3.8, 4) is 0 Å². The van der Waals surface area contributed by atoms with Crippen molar-refractivity contribution in [3.05, 3.63) is 64.2 Å². The van der Waals surface area contributed by atoms with Gasteiger partial charge in [0.1, 0.15) is 0 Å². The van der Waals surface area contributed by atoms with Crippen molar-refractivity contribution in [1.82, 2.24) is 5.32 Å². The van der Waals surface area contributed by atoms with E-state index in [1.165, 1.54) is 35.4 Å². The largest absolute Gasteiger partial charge is 0.412 e. The summed E-state index contributed by atoms with van der Waals surface area (Å²) in [7, 11) is 0. The van der Waals surface area contributed by atoms with Crippen LogP contribution in [0.25, 0.3) is 0 Å². The zero-order valence-electron chi connectivity index (χ0n) is 14.8. The van der Waals surface area contributed by atoms with Gasteiger partial charge in [-0.1, -0.05) is 36.4 Å². The van der Waals surface area contributed by atoms with Gasteiger partial charge in [0.05, 0.1) is 0 Å². The SMILES string of the molecule is O=C(Nc1c2c(cc3c1CCC3)CCC2)NC(c1ccccc1)C(F)(F)F. The Morgan fingerprint density at radius 1 is 0.926 bits per heavy atom. The Morgan fingerprint density at radius 2 is 1.52 bits per heavy atom. The van der Waals surface area contributed by atoms with Crippen LogP contribution in [0.2, 0.25) is 0 Å². The minimum atomic E-state index is -4.57. The molecule has 0 aromatic heterocycles. The number of rotatable bonds is 3. The topological polar surface area (TPSA) is 41.1 Å². The zero-order valence-corrected chi connectivity index (χ0v) is 14.8. The standard InChI is InChI=1S/C21H21F3N2O/c22-21(23,24)19(13-6-2-1-3-7-13)26-20(27)25-18-16-10-4-8-14(16)12-15-9-5-11-17(15)18/h1-3,6-7,12,19H,4-5,8-11H2,(H2,25,26,27). The highest BCUT2D eigenvalue weighted by Crippen LogP contribution is 2.39. The summed E-state index contributed by atoms with van der Waals surface area (Å²) in [5.41, 5.74) is 5.39. The first kappa shape index (κ1) is 17.9. The van der Waals surface area contributed by atoms with Crippen LogP contribution in [-0.4, -0.2) is 12.2 Å². The Morgan fingerprint density at radius 3 is 2.07 bits per heavy atom. The molecular weight excluding hydrogens is 353 g/mol. The van der Waals surface area contributed by atoms with Gasteiger partial charge < -0.3 is 10.6 Å². The van der Waals surface area contributed by atoms with Crippen molar-refractivity contribution in [1.29, 1.82) is 0 Å². The number of hydrogen-bond donors (Lipinski definition) is 2. The Balaban J connectivity index is 1.60. The molecule has 0 saturated heterocycles. The number of hydrogen-bond acceptors (Lipinski definition) is 1. The van der Waals surface area contributed by atoms with Crippen LogP contribution in [-0.2, 0) is 25.7 Å². The van der Waals surface area contributed by atoms with Gasteiger partial charge in [-0.3, -0.25) is 0 Å². The van der Waals surface area contributed by atoms with E-state index in [2.05, 4.69) is 16.7 Å². The molecule has 0 saturated carbocycles. The van der Waals surface area contributed by atoms with Gasteiger partial charge in [0.15, 0.2) is 6.04 Å². The molecule has 2 aromatic rings. The normalized spacial score (nSPS) is 16.6. The number of anilines is 1. The third-order valence-electron chi connectivity index (χ3n) is 5.45. The number of amides is 2. The molecule has 0 radical (unpaired) electrons. The van der Waals surface area contributed by atoms with Crippen molar-refractivity contribution in [2.24, 2.45) is 0 Å². The molecule has 142 valence electrons. The molecule has 0 aliphatic heterocycles. The number of carbonyl (C=O) groups excluding carboxylic acids is 1. The Bertz CT molecular complexity index is 830. The molecule has 0 bridgehead atoms. The van der Waals surface area contributed by atoms with Gasteiger partial charge in [-0.2, -0.15) is 13.2 Å². The van der Waals surface area contributed by atoms with Crippen molar-refractivity contribution < 1.29 is 18.0 Å². The van der Waals surface area contributed by atoms with Crippen LogP contribution in [0.3, 0.4) is 0 Å². The number of fused-ring (bicyclic) bond motifs is 2. The molecule has 2 aliphatic rings. The highest BCUT2D eigenvalue weighted by Gasteiger charge is 2.42. The minimum Gasteiger partial charge on any atom is -0.322 e. The highest BCUT2D eigenvalue weighted by atomic mass is 19.4. The van der Waals surface area contributed by atoms with Gasteiger partial charge in [0, 0.05) is 5.69 Å². The summed E-state index contributed by atoms with van der Waals surface area (Å²) in [6, 6.07) is 6.82. The van der Waals surface area contributed by atoms with Crippen LogP contribution in [0.15, 0.2) is 36.4 Å². The first-order chi connectivity index (χ1) is 12.9. The minimum absolute atomic E-state index is 0.0173. The molecule has 6 heteroatoms. The molecule has 1 unspecified atom stereocenters. The lowest BCUT2D eigenvalue weighted by atomic mass is 9.99. The van der Waals surface area contributed by atoms with Crippen molar-refractivity contribution in [2.75, 3.05) is 5.32 Å². The van der Waals surface area contributed by atoms with Crippen molar-refractivity contribution >= 4 is 11.7 Å². The fourth-order valence-electron chi connectivity index (χ4n) is 4.25. The number of nitrogens with one attached hydrogen (secondary N) is 2. The van der Waals surface area contributed by atoms with Crippen LogP contribution in [0.1, 0.15) is 46.7 Å². The number of benzene rings is 2. The van der Waals surface area contributed by atoms with Crippen molar-refractivity contribution in [2.45, 2.75) is 50.7 Å². The Labute approximate surface area is 156 Å². The van der Waals surface area contributed by atoms with Gasteiger partial charge >= 0.3 is 12.2 Å². The fourth-order valence-corrected chi connectivity index (χ4v) is 4.25. The third-order valence-corrected chi connectivity index (χ3v) is 5.45. The van der Waals surface area contributed by atoms with Gasteiger partial charge in [0.2, 0.25) is 0 Å². The molecule has 27 heavy (non-hydrogen) atoms. The van der Waals surface area contributed by atoms with E-state index in [4.69, 9.17) is 0 Å². The molecule has 2 amide bonds. The predicted molar refractivity (Wildman–Crippen MR) is 97.9 cm³/mol. The van der Waals surface area contributed by atoms with Gasteiger partial charge in [-0.05, 0) is 66.3 Å². The number of alkyl halides is 3. The molecule has 2 aromatic carbocycles. The average molecular weight is 374 g/mol. The summed E-state index contributed by atoms with van der Waals surface area (Å²) in [5.74, 6) is 0. The maximum Gasteiger partial charge on any atom is 0.412 e. The Hall–Kier alpha value is -2.50. The van der Waals surface area contributed by atoms with E-state index in [0.29, 0.717) is 0 Å². The second kappa shape index (κ2) is 6.91. The molecular formula is C21H21F3N2O. The van der Waals surface area contributed by atoms with Crippen LogP contribution in [0.5, 0.6) is 0 Å².